The van der Waals surface area contributed by atoms with Crippen LogP contribution in [0.15, 0.2) is 21.6 Å². The van der Waals surface area contributed by atoms with E-state index in [1.807, 2.05) is 4.72 Å². The fourth-order valence-corrected chi connectivity index (χ4v) is 2.28. The second-order valence-electron chi connectivity index (χ2n) is 3.38. The van der Waals surface area contributed by atoms with Crippen LogP contribution in [0.3, 0.4) is 0 Å². The number of aromatic carboxylic acids is 1. The topological polar surface area (TPSA) is 126 Å². The van der Waals surface area contributed by atoms with E-state index >= 15 is 0 Å². The van der Waals surface area contributed by atoms with Crippen LogP contribution in [0.4, 0.5) is 0 Å². The van der Waals surface area contributed by atoms with Crippen molar-refractivity contribution in [3.8, 4) is 0 Å². The summed E-state index contributed by atoms with van der Waals surface area (Å²) in [6, 6.07) is 1.02. The Hall–Kier alpha value is -1.87. The number of carboxylic acid groups (broad SMARTS) is 1. The number of carbonyl (C=O) groups is 2. The Balaban J connectivity index is 2.92. The Morgan fingerprint density at radius 3 is 2.44 bits per heavy atom. The van der Waals surface area contributed by atoms with Crippen molar-refractivity contribution in [3.63, 3.8) is 0 Å². The van der Waals surface area contributed by atoms with Crippen molar-refractivity contribution in [2.24, 2.45) is 0 Å². The van der Waals surface area contributed by atoms with E-state index in [0.29, 0.717) is 0 Å². The molecule has 0 aliphatic heterocycles. The number of likely N-dealkylation sites (N-methyl/N-ethyl adjacent to an activating group) is 1. The minimum absolute atomic E-state index is 0.497. The third-order valence-electron chi connectivity index (χ3n) is 2.03. The lowest BCUT2D eigenvalue weighted by Gasteiger charge is -2.10. The van der Waals surface area contributed by atoms with Gasteiger partial charge in [0, 0.05) is 7.05 Å². The molecule has 100 valence electrons. The molecule has 3 N–H and O–H groups in total. The first-order chi connectivity index (χ1) is 8.27. The summed E-state index contributed by atoms with van der Waals surface area (Å²) >= 11 is 0. The summed E-state index contributed by atoms with van der Waals surface area (Å²) in [6.45, 7) is 1.34. The van der Waals surface area contributed by atoms with Crippen LogP contribution in [0.5, 0.6) is 0 Å². The van der Waals surface area contributed by atoms with Crippen LogP contribution in [0.2, 0.25) is 0 Å². The van der Waals surface area contributed by atoms with Gasteiger partial charge in [-0.15, -0.1) is 0 Å². The number of sulfonamides is 1. The van der Waals surface area contributed by atoms with E-state index in [1.165, 1.54) is 14.0 Å². The van der Waals surface area contributed by atoms with Gasteiger partial charge in [0.2, 0.25) is 16.8 Å². The summed E-state index contributed by atoms with van der Waals surface area (Å²) in [5, 5.41) is 10.3. The van der Waals surface area contributed by atoms with Crippen molar-refractivity contribution in [3.05, 3.63) is 17.9 Å². The largest absolute Gasteiger partial charge is 0.475 e. The second kappa shape index (κ2) is 5.19. The van der Waals surface area contributed by atoms with Crippen molar-refractivity contribution in [1.29, 1.82) is 0 Å². The molecule has 0 saturated carbocycles. The third-order valence-corrected chi connectivity index (χ3v) is 3.44. The quantitative estimate of drug-likeness (QED) is 0.658. The Morgan fingerprint density at radius 2 is 2.00 bits per heavy atom. The van der Waals surface area contributed by atoms with Crippen LogP contribution in [0, 0.1) is 0 Å². The zero-order valence-electron chi connectivity index (χ0n) is 9.63. The van der Waals surface area contributed by atoms with Crippen molar-refractivity contribution >= 4 is 21.9 Å². The first kappa shape index (κ1) is 14.2. The van der Waals surface area contributed by atoms with Crippen molar-refractivity contribution < 1.29 is 27.5 Å². The maximum Gasteiger partial charge on any atom is 0.371 e. The molecule has 1 aromatic rings. The predicted molar refractivity (Wildman–Crippen MR) is 59.5 cm³/mol. The average molecular weight is 276 g/mol. The highest BCUT2D eigenvalue weighted by atomic mass is 32.2. The number of carbonyl (C=O) groups excluding carboxylic acids is 1. The maximum atomic E-state index is 11.7. The van der Waals surface area contributed by atoms with Crippen LogP contribution in [0.1, 0.15) is 17.5 Å². The van der Waals surface area contributed by atoms with E-state index in [0.717, 1.165) is 12.1 Å². The summed E-state index contributed by atoms with van der Waals surface area (Å²) < 4.78 is 30.1. The molecule has 1 amide bonds. The van der Waals surface area contributed by atoms with Crippen LogP contribution in [-0.2, 0) is 14.8 Å². The normalized spacial score (nSPS) is 13.0. The van der Waals surface area contributed by atoms with Gasteiger partial charge in [0.25, 0.3) is 10.0 Å². The molecular weight excluding hydrogens is 264 g/mol. The monoisotopic (exact) mass is 276 g/mol. The minimum Gasteiger partial charge on any atom is -0.475 e. The fraction of sp³-hybridized carbons (Fsp3) is 0.333. The number of carboxylic acids is 1. The summed E-state index contributed by atoms with van der Waals surface area (Å²) in [6.07, 6.45) is 0. The first-order valence-corrected chi connectivity index (χ1v) is 6.33. The molecule has 18 heavy (non-hydrogen) atoms. The number of hydrogen-bond acceptors (Lipinski definition) is 5. The van der Waals surface area contributed by atoms with Gasteiger partial charge in [-0.1, -0.05) is 0 Å². The highest BCUT2D eigenvalue weighted by Gasteiger charge is 2.25. The molecule has 0 aliphatic carbocycles. The van der Waals surface area contributed by atoms with Crippen LogP contribution < -0.4 is 10.0 Å². The summed E-state index contributed by atoms with van der Waals surface area (Å²) in [4.78, 5) is 21.7. The van der Waals surface area contributed by atoms with Gasteiger partial charge >= 0.3 is 5.97 Å². The molecule has 0 fully saturated rings. The molecule has 0 radical (unpaired) electrons. The van der Waals surface area contributed by atoms with Crippen LogP contribution in [0.25, 0.3) is 0 Å². The van der Waals surface area contributed by atoms with Crippen LogP contribution >= 0.6 is 0 Å². The van der Waals surface area contributed by atoms with E-state index in [1.54, 1.807) is 0 Å². The first-order valence-electron chi connectivity index (χ1n) is 4.85. The average Bonchev–Trinajstić information content (AvgIpc) is 2.77. The number of nitrogens with one attached hydrogen (secondary N) is 2. The van der Waals surface area contributed by atoms with Gasteiger partial charge in [0.05, 0.1) is 6.04 Å². The summed E-state index contributed by atoms with van der Waals surface area (Å²) in [5.74, 6) is -2.40. The number of amides is 1. The molecule has 1 heterocycles. The smallest absolute Gasteiger partial charge is 0.371 e. The lowest BCUT2D eigenvalue weighted by molar-refractivity contribution is -0.121. The Bertz CT molecular complexity index is 561. The van der Waals surface area contributed by atoms with Crippen molar-refractivity contribution in [2.75, 3.05) is 7.05 Å². The molecule has 0 saturated heterocycles. The lowest BCUT2D eigenvalue weighted by Crippen LogP contribution is -2.43. The Morgan fingerprint density at radius 1 is 1.39 bits per heavy atom. The molecule has 0 aromatic carbocycles. The van der Waals surface area contributed by atoms with Crippen LogP contribution in [-0.4, -0.2) is 38.5 Å². The minimum atomic E-state index is -4.07. The van der Waals surface area contributed by atoms with Gasteiger partial charge in [0.15, 0.2) is 0 Å². The lowest BCUT2D eigenvalue weighted by atomic mass is 10.3. The van der Waals surface area contributed by atoms with Gasteiger partial charge in [0.1, 0.15) is 0 Å². The second-order valence-corrected chi connectivity index (χ2v) is 5.03. The zero-order chi connectivity index (χ0) is 13.9. The molecule has 9 heteroatoms. The van der Waals surface area contributed by atoms with E-state index in [2.05, 4.69) is 9.73 Å². The molecule has 1 rings (SSSR count). The molecular formula is C9H12N2O6S. The maximum absolute atomic E-state index is 11.7. The van der Waals surface area contributed by atoms with Gasteiger partial charge in [-0.05, 0) is 19.1 Å². The van der Waals surface area contributed by atoms with Gasteiger partial charge in [-0.3, -0.25) is 4.79 Å². The predicted octanol–water partition coefficient (Wildman–Crippen LogP) is -0.609. The van der Waals surface area contributed by atoms with E-state index in [-0.39, 0.29) is 0 Å². The highest BCUT2D eigenvalue weighted by molar-refractivity contribution is 7.89. The van der Waals surface area contributed by atoms with Gasteiger partial charge < -0.3 is 14.8 Å². The summed E-state index contributed by atoms with van der Waals surface area (Å²) in [5.41, 5.74) is 0. The Kier molecular flexibility index (Phi) is 4.09. The van der Waals surface area contributed by atoms with E-state index < -0.39 is 38.8 Å². The number of furan rings is 1. The van der Waals surface area contributed by atoms with Crippen molar-refractivity contribution in [2.45, 2.75) is 18.1 Å². The molecule has 1 unspecified atom stereocenters. The molecule has 8 nitrogen and oxygen atoms in total. The molecule has 0 bridgehead atoms. The summed E-state index contributed by atoms with van der Waals surface area (Å²) in [7, 11) is -2.70. The molecule has 1 atom stereocenters. The molecule has 0 aliphatic rings. The molecule has 0 spiro atoms. The fourth-order valence-electron chi connectivity index (χ4n) is 1.14. The Labute approximate surface area is 103 Å². The zero-order valence-corrected chi connectivity index (χ0v) is 10.4. The van der Waals surface area contributed by atoms with E-state index in [4.69, 9.17) is 5.11 Å². The highest BCUT2D eigenvalue weighted by Crippen LogP contribution is 2.14. The van der Waals surface area contributed by atoms with Crippen molar-refractivity contribution in [1.82, 2.24) is 10.0 Å². The standard InChI is InChI=1S/C9H12N2O6S/c1-5(8(12)10-2)11-18(15,16)7-4-3-6(17-7)9(13)14/h3-5,11H,1-2H3,(H,10,12)(H,13,14). The number of hydrogen-bond donors (Lipinski definition) is 3. The molecule has 1 aromatic heterocycles. The number of rotatable bonds is 5. The van der Waals surface area contributed by atoms with Gasteiger partial charge in [-0.25, -0.2) is 13.2 Å². The van der Waals surface area contributed by atoms with E-state index in [9.17, 15) is 18.0 Å². The third kappa shape index (κ3) is 3.08. The van der Waals surface area contributed by atoms with Gasteiger partial charge in [-0.2, -0.15) is 4.72 Å². The SMILES string of the molecule is CNC(=O)C(C)NS(=O)(=O)c1ccc(C(=O)O)o1.